The molecule has 0 fully saturated rings. The van der Waals surface area contributed by atoms with Crippen LogP contribution in [0.15, 0.2) is 24.3 Å². The molecular formula is C14H18FN3. The number of rotatable bonds is 4. The van der Waals surface area contributed by atoms with E-state index in [0.29, 0.717) is 0 Å². The minimum atomic E-state index is -0.241. The van der Waals surface area contributed by atoms with Crippen molar-refractivity contribution < 1.29 is 4.39 Å². The normalized spacial score (nSPS) is 12.7. The van der Waals surface area contributed by atoms with Gasteiger partial charge in [0.05, 0.1) is 11.7 Å². The van der Waals surface area contributed by atoms with E-state index in [1.165, 1.54) is 12.1 Å². The minimum Gasteiger partial charge on any atom is -0.344 e. The average molecular weight is 247 g/mol. The maximum atomic E-state index is 12.9. The molecule has 3 nitrogen and oxygen atoms in total. The summed E-state index contributed by atoms with van der Waals surface area (Å²) in [6, 6.07) is 6.27. The Morgan fingerprint density at radius 3 is 2.61 bits per heavy atom. The van der Waals surface area contributed by atoms with Crippen molar-refractivity contribution in [3.8, 4) is 11.3 Å². The van der Waals surface area contributed by atoms with Crippen LogP contribution in [0.3, 0.4) is 0 Å². The first kappa shape index (κ1) is 12.8. The third-order valence-electron chi connectivity index (χ3n) is 2.97. The van der Waals surface area contributed by atoms with Crippen molar-refractivity contribution in [3.63, 3.8) is 0 Å². The van der Waals surface area contributed by atoms with Gasteiger partial charge in [0.15, 0.2) is 0 Å². The lowest BCUT2D eigenvalue weighted by atomic mass is 10.1. The van der Waals surface area contributed by atoms with Crippen molar-refractivity contribution in [2.75, 3.05) is 0 Å². The number of benzene rings is 1. The lowest BCUT2D eigenvalue weighted by molar-refractivity contribution is 0.608. The predicted molar refractivity (Wildman–Crippen MR) is 70.6 cm³/mol. The fourth-order valence-corrected chi connectivity index (χ4v) is 2.00. The third-order valence-corrected chi connectivity index (χ3v) is 2.97. The summed E-state index contributed by atoms with van der Waals surface area (Å²) in [5.41, 5.74) is 8.74. The van der Waals surface area contributed by atoms with Gasteiger partial charge < -0.3 is 10.7 Å². The van der Waals surface area contributed by atoms with Crippen molar-refractivity contribution >= 4 is 0 Å². The molecule has 3 N–H and O–H groups in total. The largest absolute Gasteiger partial charge is 0.344 e. The summed E-state index contributed by atoms with van der Waals surface area (Å²) in [5, 5.41) is 0. The van der Waals surface area contributed by atoms with Crippen LogP contribution in [0.5, 0.6) is 0 Å². The molecule has 4 heteroatoms. The molecule has 0 radical (unpaired) electrons. The molecule has 0 aliphatic heterocycles. The summed E-state index contributed by atoms with van der Waals surface area (Å²) in [7, 11) is 0. The van der Waals surface area contributed by atoms with Gasteiger partial charge >= 0.3 is 0 Å². The van der Waals surface area contributed by atoms with E-state index in [9.17, 15) is 4.39 Å². The quantitative estimate of drug-likeness (QED) is 0.870. The number of H-pyrrole nitrogens is 1. The Hall–Kier alpha value is -1.68. The van der Waals surface area contributed by atoms with E-state index in [0.717, 1.165) is 35.6 Å². The van der Waals surface area contributed by atoms with E-state index < -0.39 is 0 Å². The molecule has 0 saturated carbocycles. The highest BCUT2D eigenvalue weighted by atomic mass is 19.1. The number of halogens is 1. The van der Waals surface area contributed by atoms with Gasteiger partial charge in [0.2, 0.25) is 0 Å². The van der Waals surface area contributed by atoms with Crippen molar-refractivity contribution in [1.82, 2.24) is 9.97 Å². The zero-order valence-corrected chi connectivity index (χ0v) is 10.7. The van der Waals surface area contributed by atoms with Gasteiger partial charge in [-0.25, -0.2) is 9.37 Å². The van der Waals surface area contributed by atoms with E-state index in [-0.39, 0.29) is 11.9 Å². The predicted octanol–water partition coefficient (Wildman–Crippen LogP) is 3.32. The molecule has 1 atom stereocenters. The number of aromatic amines is 1. The lowest BCUT2D eigenvalue weighted by Gasteiger charge is -2.05. The number of imidazole rings is 1. The molecule has 1 aromatic carbocycles. The molecule has 1 heterocycles. The number of aromatic nitrogens is 2. The molecular weight excluding hydrogens is 229 g/mol. The fraction of sp³-hybridized carbons (Fsp3) is 0.357. The molecule has 96 valence electrons. The molecule has 0 spiro atoms. The van der Waals surface area contributed by atoms with Crippen LogP contribution in [0, 0.1) is 12.7 Å². The van der Waals surface area contributed by atoms with Gasteiger partial charge in [-0.3, -0.25) is 0 Å². The van der Waals surface area contributed by atoms with Crippen molar-refractivity contribution in [2.24, 2.45) is 5.73 Å². The fourth-order valence-electron chi connectivity index (χ4n) is 2.00. The first-order chi connectivity index (χ1) is 8.61. The van der Waals surface area contributed by atoms with Gasteiger partial charge in [-0.15, -0.1) is 0 Å². The van der Waals surface area contributed by atoms with Crippen LogP contribution < -0.4 is 5.73 Å². The standard InChI is InChI=1S/C14H18FN3/c1-3-4-12(16)14-17-9(2)13(18-14)10-5-7-11(15)8-6-10/h5-8,12H,3-4,16H2,1-2H3,(H,17,18). The van der Waals surface area contributed by atoms with Gasteiger partial charge in [0.25, 0.3) is 0 Å². The molecule has 2 rings (SSSR count). The van der Waals surface area contributed by atoms with Gasteiger partial charge in [-0.2, -0.15) is 0 Å². The second-order valence-electron chi connectivity index (χ2n) is 4.50. The first-order valence-electron chi connectivity index (χ1n) is 6.19. The maximum absolute atomic E-state index is 12.9. The van der Waals surface area contributed by atoms with Crippen molar-refractivity contribution in [2.45, 2.75) is 32.7 Å². The number of nitrogens with two attached hydrogens (primary N) is 1. The number of nitrogens with zero attached hydrogens (tertiary/aromatic N) is 1. The van der Waals surface area contributed by atoms with Gasteiger partial charge in [-0.1, -0.05) is 13.3 Å². The molecule has 18 heavy (non-hydrogen) atoms. The molecule has 1 aromatic heterocycles. The first-order valence-corrected chi connectivity index (χ1v) is 6.19. The SMILES string of the molecule is CCCC(N)c1nc(-c2ccc(F)cc2)c(C)[nH]1. The zero-order valence-electron chi connectivity index (χ0n) is 10.7. The highest BCUT2D eigenvalue weighted by Crippen LogP contribution is 2.24. The Kier molecular flexibility index (Phi) is 3.77. The summed E-state index contributed by atoms with van der Waals surface area (Å²) in [5.74, 6) is 0.559. The minimum absolute atomic E-state index is 0.0668. The van der Waals surface area contributed by atoms with Crippen LogP contribution in [0.2, 0.25) is 0 Å². The third kappa shape index (κ3) is 2.59. The molecule has 0 aliphatic rings. The summed E-state index contributed by atoms with van der Waals surface area (Å²) < 4.78 is 12.9. The Labute approximate surface area is 106 Å². The molecule has 2 aromatic rings. The highest BCUT2D eigenvalue weighted by Gasteiger charge is 2.13. The van der Waals surface area contributed by atoms with Crippen LogP contribution in [0.1, 0.15) is 37.3 Å². The van der Waals surface area contributed by atoms with E-state index >= 15 is 0 Å². The van der Waals surface area contributed by atoms with E-state index in [1.807, 2.05) is 6.92 Å². The summed E-state index contributed by atoms with van der Waals surface area (Å²) in [6.07, 6.45) is 1.92. The molecule has 0 aliphatic carbocycles. The summed E-state index contributed by atoms with van der Waals surface area (Å²) in [6.45, 7) is 4.05. The highest BCUT2D eigenvalue weighted by molar-refractivity contribution is 5.61. The van der Waals surface area contributed by atoms with Crippen LogP contribution >= 0.6 is 0 Å². The molecule has 0 bridgehead atoms. The second kappa shape index (κ2) is 5.31. The summed E-state index contributed by atoms with van der Waals surface area (Å²) >= 11 is 0. The maximum Gasteiger partial charge on any atom is 0.123 e. The van der Waals surface area contributed by atoms with Crippen LogP contribution in [0.4, 0.5) is 4.39 Å². The van der Waals surface area contributed by atoms with Crippen molar-refractivity contribution in [1.29, 1.82) is 0 Å². The second-order valence-corrected chi connectivity index (χ2v) is 4.50. The van der Waals surface area contributed by atoms with Crippen LogP contribution in [0.25, 0.3) is 11.3 Å². The van der Waals surface area contributed by atoms with E-state index in [2.05, 4.69) is 16.9 Å². The Morgan fingerprint density at radius 2 is 2.00 bits per heavy atom. The topological polar surface area (TPSA) is 54.7 Å². The van der Waals surface area contributed by atoms with E-state index in [4.69, 9.17) is 5.73 Å². The molecule has 1 unspecified atom stereocenters. The average Bonchev–Trinajstić information content (AvgIpc) is 2.73. The number of hydrogen-bond donors (Lipinski definition) is 2. The summed E-state index contributed by atoms with van der Waals surface area (Å²) in [4.78, 5) is 7.74. The molecule has 0 amide bonds. The smallest absolute Gasteiger partial charge is 0.123 e. The number of nitrogens with one attached hydrogen (secondary N) is 1. The monoisotopic (exact) mass is 247 g/mol. The van der Waals surface area contributed by atoms with Gasteiger partial charge in [0, 0.05) is 11.3 Å². The van der Waals surface area contributed by atoms with Gasteiger partial charge in [0.1, 0.15) is 11.6 Å². The number of aryl methyl sites for hydroxylation is 1. The Bertz CT molecular complexity index is 516. The van der Waals surface area contributed by atoms with E-state index in [1.54, 1.807) is 12.1 Å². The van der Waals surface area contributed by atoms with Gasteiger partial charge in [-0.05, 0) is 37.6 Å². The zero-order chi connectivity index (χ0) is 13.1. The number of hydrogen-bond acceptors (Lipinski definition) is 2. The Morgan fingerprint density at radius 1 is 1.33 bits per heavy atom. The van der Waals surface area contributed by atoms with Crippen LogP contribution in [-0.2, 0) is 0 Å². The Balaban J connectivity index is 2.31. The lowest BCUT2D eigenvalue weighted by Crippen LogP contribution is -2.11. The van der Waals surface area contributed by atoms with Crippen LogP contribution in [-0.4, -0.2) is 9.97 Å². The van der Waals surface area contributed by atoms with Crippen molar-refractivity contribution in [3.05, 3.63) is 41.6 Å². The molecule has 0 saturated heterocycles.